The van der Waals surface area contributed by atoms with Gasteiger partial charge in [0.25, 0.3) is 0 Å². The highest BCUT2D eigenvalue weighted by Crippen LogP contribution is 2.40. The Bertz CT molecular complexity index is 1040. The van der Waals surface area contributed by atoms with Gasteiger partial charge in [-0.2, -0.15) is 0 Å². The largest absolute Gasteiger partial charge is 0.496 e. The second-order valence-corrected chi connectivity index (χ2v) is 8.75. The molecule has 0 radical (unpaired) electrons. The average molecular weight is 482 g/mol. The van der Waals surface area contributed by atoms with E-state index < -0.39 is 0 Å². The van der Waals surface area contributed by atoms with Gasteiger partial charge in [-0.05, 0) is 82.3 Å². The molecule has 3 aromatic rings. The van der Waals surface area contributed by atoms with Crippen LogP contribution in [0.15, 0.2) is 65.1 Å². The monoisotopic (exact) mass is 481 g/mol. The van der Waals surface area contributed by atoms with Crippen molar-refractivity contribution < 1.29 is 14.2 Å². The molecule has 1 atom stereocenters. The molecule has 0 aliphatic carbocycles. The lowest BCUT2D eigenvalue weighted by Crippen LogP contribution is -2.33. The van der Waals surface area contributed by atoms with Crippen molar-refractivity contribution in [1.82, 2.24) is 4.90 Å². The highest BCUT2D eigenvalue weighted by molar-refractivity contribution is 9.10. The van der Waals surface area contributed by atoms with Gasteiger partial charge in [0.2, 0.25) is 0 Å². The van der Waals surface area contributed by atoms with E-state index in [0.29, 0.717) is 6.61 Å². The van der Waals surface area contributed by atoms with Crippen LogP contribution in [0.4, 0.5) is 0 Å². The Labute approximate surface area is 192 Å². The van der Waals surface area contributed by atoms with Crippen LogP contribution in [0.1, 0.15) is 28.3 Å². The maximum absolute atomic E-state index is 6.20. The maximum atomic E-state index is 6.20. The lowest BCUT2D eigenvalue weighted by atomic mass is 9.88. The topological polar surface area (TPSA) is 30.9 Å². The standard InChI is InChI=1S/C26H28BrNO3/c1-28-12-11-20-15-25(30-3)26(31-17-18-7-5-4-6-8-18)16-21(20)23(28)14-19-9-10-24(29-2)22(27)13-19/h4-10,13,15-16,23H,11-12,14,17H2,1-3H3/t23-/m0/s1. The van der Waals surface area contributed by atoms with Gasteiger partial charge in [0.05, 0.1) is 18.7 Å². The molecule has 0 bridgehead atoms. The second-order valence-electron chi connectivity index (χ2n) is 7.90. The van der Waals surface area contributed by atoms with E-state index in [1.807, 2.05) is 24.3 Å². The molecule has 31 heavy (non-hydrogen) atoms. The molecule has 5 heteroatoms. The van der Waals surface area contributed by atoms with E-state index in [1.54, 1.807) is 14.2 Å². The zero-order valence-corrected chi connectivity index (χ0v) is 19.8. The predicted molar refractivity (Wildman–Crippen MR) is 127 cm³/mol. The van der Waals surface area contributed by atoms with Crippen molar-refractivity contribution in [2.45, 2.75) is 25.5 Å². The number of likely N-dealkylation sites (N-methyl/N-ethyl adjacent to an activating group) is 1. The van der Waals surface area contributed by atoms with Crippen LogP contribution in [0.25, 0.3) is 0 Å². The van der Waals surface area contributed by atoms with Gasteiger partial charge in [0.1, 0.15) is 12.4 Å². The quantitative estimate of drug-likeness (QED) is 0.425. The Morgan fingerprint density at radius 2 is 1.68 bits per heavy atom. The molecule has 0 aromatic heterocycles. The Morgan fingerprint density at radius 1 is 0.903 bits per heavy atom. The third kappa shape index (κ3) is 4.89. The minimum atomic E-state index is 0.272. The van der Waals surface area contributed by atoms with Crippen LogP contribution in [-0.2, 0) is 19.4 Å². The van der Waals surface area contributed by atoms with E-state index in [1.165, 1.54) is 16.7 Å². The van der Waals surface area contributed by atoms with Gasteiger partial charge in [0, 0.05) is 12.6 Å². The zero-order chi connectivity index (χ0) is 21.8. The highest BCUT2D eigenvalue weighted by Gasteiger charge is 2.27. The summed E-state index contributed by atoms with van der Waals surface area (Å²) < 4.78 is 18.2. The summed E-state index contributed by atoms with van der Waals surface area (Å²) in [6, 6.07) is 21.1. The van der Waals surface area contributed by atoms with Crippen molar-refractivity contribution in [3.63, 3.8) is 0 Å². The maximum Gasteiger partial charge on any atom is 0.162 e. The van der Waals surface area contributed by atoms with Crippen LogP contribution in [0.5, 0.6) is 17.2 Å². The normalized spacial score (nSPS) is 15.9. The van der Waals surface area contributed by atoms with Crippen molar-refractivity contribution in [2.24, 2.45) is 0 Å². The van der Waals surface area contributed by atoms with E-state index in [4.69, 9.17) is 14.2 Å². The summed E-state index contributed by atoms with van der Waals surface area (Å²) in [6.45, 7) is 1.53. The molecule has 162 valence electrons. The minimum absolute atomic E-state index is 0.272. The Kier molecular flexibility index (Phi) is 6.83. The SMILES string of the molecule is COc1ccc(C[C@H]2c3cc(OCc4ccccc4)c(OC)cc3CCN2C)cc1Br. The number of fused-ring (bicyclic) bond motifs is 1. The molecular formula is C26H28BrNO3. The molecule has 0 saturated heterocycles. The van der Waals surface area contributed by atoms with Crippen molar-refractivity contribution in [2.75, 3.05) is 27.8 Å². The number of nitrogens with zero attached hydrogens (tertiary/aromatic N) is 1. The Morgan fingerprint density at radius 3 is 2.39 bits per heavy atom. The van der Waals surface area contributed by atoms with Gasteiger partial charge in [-0.3, -0.25) is 4.90 Å². The van der Waals surface area contributed by atoms with Crippen LogP contribution in [-0.4, -0.2) is 32.7 Å². The van der Waals surface area contributed by atoms with Crippen LogP contribution in [0, 0.1) is 0 Å². The molecule has 1 aliphatic rings. The van der Waals surface area contributed by atoms with Crippen LogP contribution in [0.2, 0.25) is 0 Å². The van der Waals surface area contributed by atoms with E-state index in [-0.39, 0.29) is 6.04 Å². The highest BCUT2D eigenvalue weighted by atomic mass is 79.9. The van der Waals surface area contributed by atoms with Crippen molar-refractivity contribution >= 4 is 15.9 Å². The number of benzene rings is 3. The van der Waals surface area contributed by atoms with Crippen LogP contribution >= 0.6 is 15.9 Å². The van der Waals surface area contributed by atoms with Gasteiger partial charge in [-0.25, -0.2) is 0 Å². The molecule has 0 saturated carbocycles. The first kappa shape index (κ1) is 21.7. The molecule has 3 aromatic carbocycles. The molecule has 4 nitrogen and oxygen atoms in total. The molecular weight excluding hydrogens is 454 g/mol. The number of rotatable bonds is 7. The molecule has 0 unspecified atom stereocenters. The lowest BCUT2D eigenvalue weighted by Gasteiger charge is -2.35. The van der Waals surface area contributed by atoms with E-state index in [2.05, 4.69) is 64.3 Å². The fourth-order valence-electron chi connectivity index (χ4n) is 4.17. The summed E-state index contributed by atoms with van der Waals surface area (Å²) in [5, 5.41) is 0. The van der Waals surface area contributed by atoms with Crippen LogP contribution in [0.3, 0.4) is 0 Å². The molecule has 1 aliphatic heterocycles. The van der Waals surface area contributed by atoms with E-state index in [0.717, 1.165) is 46.7 Å². The summed E-state index contributed by atoms with van der Waals surface area (Å²) in [5.74, 6) is 2.44. The van der Waals surface area contributed by atoms with E-state index >= 15 is 0 Å². The van der Waals surface area contributed by atoms with Gasteiger partial charge in [-0.1, -0.05) is 36.4 Å². The van der Waals surface area contributed by atoms with Gasteiger partial charge in [-0.15, -0.1) is 0 Å². The molecule has 0 fully saturated rings. The zero-order valence-electron chi connectivity index (χ0n) is 18.2. The minimum Gasteiger partial charge on any atom is -0.496 e. The smallest absolute Gasteiger partial charge is 0.162 e. The first-order chi connectivity index (χ1) is 15.1. The third-order valence-corrected chi connectivity index (χ3v) is 6.55. The molecule has 0 N–H and O–H groups in total. The fraction of sp³-hybridized carbons (Fsp3) is 0.308. The first-order valence-corrected chi connectivity index (χ1v) is 11.3. The molecule has 0 amide bonds. The van der Waals surface area contributed by atoms with Gasteiger partial charge in [0.15, 0.2) is 11.5 Å². The first-order valence-electron chi connectivity index (χ1n) is 10.5. The summed E-state index contributed by atoms with van der Waals surface area (Å²) >= 11 is 3.62. The van der Waals surface area contributed by atoms with Crippen LogP contribution < -0.4 is 14.2 Å². The molecule has 4 rings (SSSR count). The average Bonchev–Trinajstić information content (AvgIpc) is 2.80. The van der Waals surface area contributed by atoms with Crippen molar-refractivity contribution in [3.05, 3.63) is 87.4 Å². The Hall–Kier alpha value is -2.50. The predicted octanol–water partition coefficient (Wildman–Crippen LogP) is 5.82. The molecule has 1 heterocycles. The van der Waals surface area contributed by atoms with Crippen molar-refractivity contribution in [3.8, 4) is 17.2 Å². The molecule has 0 spiro atoms. The van der Waals surface area contributed by atoms with E-state index in [9.17, 15) is 0 Å². The fourth-order valence-corrected chi connectivity index (χ4v) is 4.76. The summed E-state index contributed by atoms with van der Waals surface area (Å²) in [4.78, 5) is 2.42. The number of hydrogen-bond acceptors (Lipinski definition) is 4. The summed E-state index contributed by atoms with van der Waals surface area (Å²) in [5.41, 5.74) is 5.04. The lowest BCUT2D eigenvalue weighted by molar-refractivity contribution is 0.226. The summed E-state index contributed by atoms with van der Waals surface area (Å²) in [6.07, 6.45) is 1.92. The third-order valence-electron chi connectivity index (χ3n) is 5.93. The number of halogens is 1. The number of ether oxygens (including phenoxy) is 3. The van der Waals surface area contributed by atoms with Gasteiger partial charge < -0.3 is 14.2 Å². The Balaban J connectivity index is 1.63. The van der Waals surface area contributed by atoms with Crippen molar-refractivity contribution in [1.29, 1.82) is 0 Å². The number of methoxy groups -OCH3 is 2. The number of hydrogen-bond donors (Lipinski definition) is 0. The second kappa shape index (κ2) is 9.75. The van der Waals surface area contributed by atoms with Gasteiger partial charge >= 0.3 is 0 Å². The summed E-state index contributed by atoms with van der Waals surface area (Å²) in [7, 11) is 5.59.